The molecule has 8 heteroatoms. The lowest BCUT2D eigenvalue weighted by Crippen LogP contribution is -2.47. The number of carbonyl (C=O) groups excluding carboxylic acids is 2. The van der Waals surface area contributed by atoms with Gasteiger partial charge in [-0.3, -0.25) is 4.79 Å². The summed E-state index contributed by atoms with van der Waals surface area (Å²) in [5.41, 5.74) is 1.59. The summed E-state index contributed by atoms with van der Waals surface area (Å²) in [6.45, 7) is 0. The molecule has 0 aliphatic rings. The van der Waals surface area contributed by atoms with Crippen molar-refractivity contribution in [2.75, 3.05) is 10.6 Å². The molecule has 0 radical (unpaired) electrons. The first kappa shape index (κ1) is 21.6. The minimum absolute atomic E-state index is 0.199. The first-order valence-electron chi connectivity index (χ1n) is 9.04. The smallest absolute Gasteiger partial charge is 0.319 e. The molecule has 0 heterocycles. The second-order valence-corrected chi connectivity index (χ2v) is 7.22. The van der Waals surface area contributed by atoms with E-state index in [4.69, 9.17) is 23.2 Å². The summed E-state index contributed by atoms with van der Waals surface area (Å²) in [6.07, 6.45) is 0.255. The standard InChI is InChI=1S/C22H18Cl2FN3O2/c23-17-7-4-8-18(20(17)24)27-22(30)28-19(13-14-5-2-1-3-6-14)21(29)26-16-11-9-15(25)10-12-16/h1-12,19H,13H2,(H,26,29)(H2,27,28,30)/t19-/m0/s1. The molecule has 0 fully saturated rings. The first-order valence-corrected chi connectivity index (χ1v) is 9.80. The third kappa shape index (κ3) is 5.95. The van der Waals surface area contributed by atoms with Crippen molar-refractivity contribution in [2.45, 2.75) is 12.5 Å². The molecule has 3 N–H and O–H groups in total. The number of rotatable bonds is 6. The van der Waals surface area contributed by atoms with E-state index in [9.17, 15) is 14.0 Å². The summed E-state index contributed by atoms with van der Waals surface area (Å²) in [6, 6.07) is 17.9. The number of hydrogen-bond acceptors (Lipinski definition) is 2. The molecule has 3 aromatic carbocycles. The molecule has 0 aliphatic heterocycles. The van der Waals surface area contributed by atoms with Gasteiger partial charge in [0.1, 0.15) is 11.9 Å². The Bertz CT molecular complexity index is 1030. The largest absolute Gasteiger partial charge is 0.326 e. The molecule has 3 amide bonds. The number of amides is 3. The highest BCUT2D eigenvalue weighted by atomic mass is 35.5. The van der Waals surface area contributed by atoms with Gasteiger partial charge in [-0.2, -0.15) is 0 Å². The molecule has 0 aromatic heterocycles. The van der Waals surface area contributed by atoms with Crippen LogP contribution in [0.25, 0.3) is 0 Å². The average Bonchev–Trinajstić information content (AvgIpc) is 2.73. The molecule has 0 spiro atoms. The molecule has 30 heavy (non-hydrogen) atoms. The van der Waals surface area contributed by atoms with Crippen LogP contribution in [0.1, 0.15) is 5.56 Å². The van der Waals surface area contributed by atoms with E-state index in [1.54, 1.807) is 18.2 Å². The fraction of sp³-hybridized carbons (Fsp3) is 0.0909. The SMILES string of the molecule is O=C(Nc1cccc(Cl)c1Cl)N[C@@H](Cc1ccccc1)C(=O)Nc1ccc(F)cc1. The number of halogens is 3. The zero-order valence-electron chi connectivity index (χ0n) is 15.7. The van der Waals surface area contributed by atoms with Crippen molar-refractivity contribution in [3.63, 3.8) is 0 Å². The second-order valence-electron chi connectivity index (χ2n) is 6.44. The Kier molecular flexibility index (Phi) is 7.27. The maximum absolute atomic E-state index is 13.1. The minimum atomic E-state index is -0.893. The van der Waals surface area contributed by atoms with Gasteiger partial charge >= 0.3 is 6.03 Å². The van der Waals surface area contributed by atoms with Gasteiger partial charge in [-0.05, 0) is 42.0 Å². The highest BCUT2D eigenvalue weighted by Gasteiger charge is 2.22. The zero-order chi connectivity index (χ0) is 21.5. The Balaban J connectivity index is 1.74. The number of carbonyl (C=O) groups is 2. The summed E-state index contributed by atoms with van der Waals surface area (Å²) in [5.74, 6) is -0.859. The number of benzene rings is 3. The predicted molar refractivity (Wildman–Crippen MR) is 118 cm³/mol. The summed E-state index contributed by atoms with van der Waals surface area (Å²) in [7, 11) is 0. The van der Waals surface area contributed by atoms with Crippen molar-refractivity contribution in [2.24, 2.45) is 0 Å². The molecule has 3 rings (SSSR count). The molecule has 0 aliphatic carbocycles. The van der Waals surface area contributed by atoms with Crippen LogP contribution in [-0.2, 0) is 11.2 Å². The van der Waals surface area contributed by atoms with E-state index in [0.29, 0.717) is 16.4 Å². The maximum Gasteiger partial charge on any atom is 0.319 e. The van der Waals surface area contributed by atoms with E-state index in [2.05, 4.69) is 16.0 Å². The molecule has 1 atom stereocenters. The van der Waals surface area contributed by atoms with E-state index in [1.165, 1.54) is 24.3 Å². The summed E-state index contributed by atoms with van der Waals surface area (Å²) in [4.78, 5) is 25.3. The van der Waals surface area contributed by atoms with E-state index in [-0.39, 0.29) is 11.4 Å². The molecule has 154 valence electrons. The van der Waals surface area contributed by atoms with Gasteiger partial charge in [-0.25, -0.2) is 9.18 Å². The third-order valence-electron chi connectivity index (χ3n) is 4.22. The molecule has 0 bridgehead atoms. The van der Waals surface area contributed by atoms with Gasteiger partial charge in [0.2, 0.25) is 5.91 Å². The van der Waals surface area contributed by atoms with Crippen LogP contribution in [0, 0.1) is 5.82 Å². The van der Waals surface area contributed by atoms with Crippen molar-refractivity contribution >= 4 is 46.5 Å². The van der Waals surface area contributed by atoms with Crippen molar-refractivity contribution in [3.05, 3.63) is 94.2 Å². The lowest BCUT2D eigenvalue weighted by molar-refractivity contribution is -0.117. The number of nitrogens with one attached hydrogen (secondary N) is 3. The van der Waals surface area contributed by atoms with E-state index in [1.807, 2.05) is 30.3 Å². The molecule has 0 unspecified atom stereocenters. The normalized spacial score (nSPS) is 11.4. The topological polar surface area (TPSA) is 70.2 Å². The fourth-order valence-electron chi connectivity index (χ4n) is 2.74. The number of hydrogen-bond donors (Lipinski definition) is 3. The van der Waals surface area contributed by atoms with Crippen LogP contribution in [0.3, 0.4) is 0 Å². The highest BCUT2D eigenvalue weighted by molar-refractivity contribution is 6.43. The van der Waals surface area contributed by atoms with Crippen LogP contribution in [0.15, 0.2) is 72.8 Å². The summed E-state index contributed by atoms with van der Waals surface area (Å²) >= 11 is 12.1. The second kappa shape index (κ2) is 10.1. The van der Waals surface area contributed by atoms with Crippen molar-refractivity contribution in [1.29, 1.82) is 0 Å². The Morgan fingerprint density at radius 2 is 1.57 bits per heavy atom. The quantitative estimate of drug-likeness (QED) is 0.468. The monoisotopic (exact) mass is 445 g/mol. The van der Waals surface area contributed by atoms with E-state index >= 15 is 0 Å². The first-order chi connectivity index (χ1) is 14.4. The van der Waals surface area contributed by atoms with Gasteiger partial charge in [-0.15, -0.1) is 0 Å². The minimum Gasteiger partial charge on any atom is -0.326 e. The Labute approximate surface area is 183 Å². The van der Waals surface area contributed by atoms with Crippen molar-refractivity contribution in [1.82, 2.24) is 5.32 Å². The molecular weight excluding hydrogens is 428 g/mol. The lowest BCUT2D eigenvalue weighted by atomic mass is 10.1. The van der Waals surface area contributed by atoms with Gasteiger partial charge < -0.3 is 16.0 Å². The van der Waals surface area contributed by atoms with Gasteiger partial charge in [0, 0.05) is 12.1 Å². The predicted octanol–water partition coefficient (Wildman–Crippen LogP) is 5.50. The van der Waals surface area contributed by atoms with Crippen LogP contribution < -0.4 is 16.0 Å². The molecular formula is C22H18Cl2FN3O2. The van der Waals surface area contributed by atoms with Crippen LogP contribution >= 0.6 is 23.2 Å². The van der Waals surface area contributed by atoms with Crippen LogP contribution in [0.5, 0.6) is 0 Å². The van der Waals surface area contributed by atoms with E-state index in [0.717, 1.165) is 5.56 Å². The molecule has 0 saturated carbocycles. The third-order valence-corrected chi connectivity index (χ3v) is 5.03. The number of anilines is 2. The molecule has 5 nitrogen and oxygen atoms in total. The molecule has 0 saturated heterocycles. The van der Waals surface area contributed by atoms with Gasteiger partial charge in [-0.1, -0.05) is 59.6 Å². The average molecular weight is 446 g/mol. The molecule has 3 aromatic rings. The zero-order valence-corrected chi connectivity index (χ0v) is 17.2. The lowest BCUT2D eigenvalue weighted by Gasteiger charge is -2.19. The fourth-order valence-corrected chi connectivity index (χ4v) is 3.09. The number of urea groups is 1. The van der Waals surface area contributed by atoms with Crippen molar-refractivity contribution in [3.8, 4) is 0 Å². The summed E-state index contributed by atoms with van der Waals surface area (Å²) < 4.78 is 13.1. The van der Waals surface area contributed by atoms with E-state index < -0.39 is 23.8 Å². The van der Waals surface area contributed by atoms with Gasteiger partial charge in [0.15, 0.2) is 0 Å². The Morgan fingerprint density at radius 1 is 0.867 bits per heavy atom. The van der Waals surface area contributed by atoms with Crippen LogP contribution in [0.2, 0.25) is 10.0 Å². The van der Waals surface area contributed by atoms with Crippen LogP contribution in [0.4, 0.5) is 20.6 Å². The Morgan fingerprint density at radius 3 is 2.27 bits per heavy atom. The van der Waals surface area contributed by atoms with Crippen molar-refractivity contribution < 1.29 is 14.0 Å². The van der Waals surface area contributed by atoms with Gasteiger partial charge in [0.25, 0.3) is 0 Å². The van der Waals surface area contributed by atoms with Gasteiger partial charge in [0.05, 0.1) is 15.7 Å². The summed E-state index contributed by atoms with van der Waals surface area (Å²) in [5, 5.41) is 8.43. The Hall–Kier alpha value is -3.09. The maximum atomic E-state index is 13.1. The highest BCUT2D eigenvalue weighted by Crippen LogP contribution is 2.29. The van der Waals surface area contributed by atoms with Crippen LogP contribution in [-0.4, -0.2) is 18.0 Å².